The van der Waals surface area contributed by atoms with Gasteiger partial charge in [0.2, 0.25) is 0 Å². The van der Waals surface area contributed by atoms with Gasteiger partial charge in [0.05, 0.1) is 0 Å². The zero-order valence-electron chi connectivity index (χ0n) is 11.0. The number of benzene rings is 1. The van der Waals surface area contributed by atoms with Crippen molar-refractivity contribution < 1.29 is 62.6 Å². The maximum absolute atomic E-state index is 12.9. The Labute approximate surface area is 153 Å². The first-order valence-corrected chi connectivity index (χ1v) is 6.40. The zero-order chi connectivity index (χ0) is 11.4. The van der Waals surface area contributed by atoms with E-state index in [-0.39, 0.29) is 64.0 Å². The van der Waals surface area contributed by atoms with E-state index in [1.807, 2.05) is 6.07 Å². The Morgan fingerprint density at radius 2 is 2.00 bits per heavy atom. The van der Waals surface area contributed by atoms with E-state index in [9.17, 15) is 4.39 Å². The Morgan fingerprint density at radius 1 is 1.29 bits per heavy atom. The molecule has 0 aliphatic heterocycles. The predicted octanol–water partition coefficient (Wildman–Crippen LogP) is 1.39. The van der Waals surface area contributed by atoms with E-state index in [1.165, 1.54) is 32.1 Å². The fourth-order valence-electron chi connectivity index (χ4n) is 2.62. The molecule has 0 aromatic heterocycles. The first-order valence-electron chi connectivity index (χ1n) is 6.40. The van der Waals surface area contributed by atoms with Gasteiger partial charge < -0.3 is 0 Å². The number of rotatable bonds is 3. The van der Waals surface area contributed by atoms with Gasteiger partial charge in [0, 0.05) is 5.82 Å². The van der Waals surface area contributed by atoms with Gasteiger partial charge in [-0.25, -0.2) is 4.39 Å². The van der Waals surface area contributed by atoms with Crippen molar-refractivity contribution >= 4 is 0 Å². The van der Waals surface area contributed by atoms with E-state index in [2.05, 4.69) is 13.0 Å². The molecule has 0 radical (unpaired) electrons. The molecule has 1 aliphatic carbocycles. The van der Waals surface area contributed by atoms with Gasteiger partial charge in [-0.15, -0.1) is 12.1 Å². The van der Waals surface area contributed by atoms with Crippen molar-refractivity contribution in [3.05, 3.63) is 35.6 Å². The zero-order valence-corrected chi connectivity index (χ0v) is 15.9. The molecule has 1 aromatic carbocycles. The summed E-state index contributed by atoms with van der Waals surface area (Å²) in [6.07, 6.45) is 7.72. The average Bonchev–Trinajstić information content (AvgIpc) is 2.28. The Kier molecular flexibility index (Phi) is 7.71. The number of hydrogen-bond acceptors (Lipinski definition) is 0. The van der Waals surface area contributed by atoms with Crippen LogP contribution in [0.25, 0.3) is 0 Å². The molecule has 1 saturated carbocycles. The Balaban J connectivity index is 0.00000144. The summed E-state index contributed by atoms with van der Waals surface area (Å²) in [5.74, 6) is 1.55. The third-order valence-corrected chi connectivity index (χ3v) is 3.81. The van der Waals surface area contributed by atoms with Crippen molar-refractivity contribution in [3.63, 3.8) is 0 Å². The van der Waals surface area contributed by atoms with Crippen molar-refractivity contribution in [2.75, 3.05) is 0 Å². The van der Waals surface area contributed by atoms with Gasteiger partial charge in [-0.3, -0.25) is 0 Å². The van der Waals surface area contributed by atoms with Gasteiger partial charge in [0.25, 0.3) is 0 Å². The molecule has 1 aromatic rings. The number of halogens is 1. The molecule has 0 bridgehead atoms. The fourth-order valence-corrected chi connectivity index (χ4v) is 2.62. The molecule has 1 fully saturated rings. The molecule has 0 spiro atoms. The molecule has 2 rings (SSSR count). The Bertz CT molecular complexity index is 329. The van der Waals surface area contributed by atoms with Crippen molar-refractivity contribution in [1.82, 2.24) is 0 Å². The summed E-state index contributed by atoms with van der Waals surface area (Å²) < 4.78 is 12.9. The SMILES string of the molecule is CC1CCC(CCc2cc[c-]c(F)c2)CC1.[Rb+]. The molecular weight excluding hydrogens is 285 g/mol. The second kappa shape index (κ2) is 8.19. The van der Waals surface area contributed by atoms with Gasteiger partial charge in [0.1, 0.15) is 0 Å². The van der Waals surface area contributed by atoms with Crippen LogP contribution in [0.3, 0.4) is 0 Å². The summed E-state index contributed by atoms with van der Waals surface area (Å²) in [4.78, 5) is 0. The summed E-state index contributed by atoms with van der Waals surface area (Å²) in [5, 5.41) is 0. The second-order valence-corrected chi connectivity index (χ2v) is 5.21. The molecule has 0 amide bonds. The van der Waals surface area contributed by atoms with Gasteiger partial charge in [-0.05, 0) is 18.3 Å². The maximum atomic E-state index is 12.9. The third kappa shape index (κ3) is 5.63. The molecule has 88 valence electrons. The smallest absolute Gasteiger partial charge is 0.236 e. The second-order valence-electron chi connectivity index (χ2n) is 5.21. The predicted molar refractivity (Wildman–Crippen MR) is 64.7 cm³/mol. The standard InChI is InChI=1S/C15H20F.Rb/c1-12-5-7-13(8-6-12)9-10-14-3-2-4-15(16)11-14;/h2-3,11-13H,5-10H2,1H3;/q-1;+1. The normalized spacial score (nSPS) is 24.1. The number of hydrogen-bond donors (Lipinski definition) is 0. The van der Waals surface area contributed by atoms with Crippen LogP contribution in [0.2, 0.25) is 0 Å². The van der Waals surface area contributed by atoms with Crippen LogP contribution < -0.4 is 58.2 Å². The molecule has 2 heteroatoms. The topological polar surface area (TPSA) is 0 Å². The van der Waals surface area contributed by atoms with E-state index >= 15 is 0 Å². The summed E-state index contributed by atoms with van der Waals surface area (Å²) in [6, 6.07) is 7.83. The summed E-state index contributed by atoms with van der Waals surface area (Å²) in [7, 11) is 0. The van der Waals surface area contributed by atoms with Gasteiger partial charge in [-0.2, -0.15) is 17.7 Å². The van der Waals surface area contributed by atoms with Crippen molar-refractivity contribution in [2.45, 2.75) is 45.4 Å². The minimum absolute atomic E-state index is 0. The molecule has 0 atom stereocenters. The largest absolute Gasteiger partial charge is 1.00 e. The van der Waals surface area contributed by atoms with Crippen molar-refractivity contribution in [1.29, 1.82) is 0 Å². The van der Waals surface area contributed by atoms with Crippen molar-refractivity contribution in [2.24, 2.45) is 11.8 Å². The van der Waals surface area contributed by atoms with Crippen molar-refractivity contribution in [3.8, 4) is 0 Å². The Morgan fingerprint density at radius 3 is 2.65 bits per heavy atom. The van der Waals surface area contributed by atoms with Crippen LogP contribution in [-0.4, -0.2) is 0 Å². The van der Waals surface area contributed by atoms with Crippen LogP contribution in [0, 0.1) is 23.7 Å². The van der Waals surface area contributed by atoms with Crippen LogP contribution in [-0.2, 0) is 6.42 Å². The van der Waals surface area contributed by atoms with Crippen LogP contribution in [0.15, 0.2) is 18.2 Å². The third-order valence-electron chi connectivity index (χ3n) is 3.81. The molecule has 1 aliphatic rings. The van der Waals surface area contributed by atoms with E-state index in [1.54, 1.807) is 12.1 Å². The molecule has 0 nitrogen and oxygen atoms in total. The fraction of sp³-hybridized carbons (Fsp3) is 0.600. The van der Waals surface area contributed by atoms with Gasteiger partial charge >= 0.3 is 58.2 Å². The van der Waals surface area contributed by atoms with Crippen LogP contribution in [0.4, 0.5) is 4.39 Å². The molecule has 0 heterocycles. The molecular formula is C15H20FRb. The average molecular weight is 305 g/mol. The first-order chi connectivity index (χ1) is 7.74. The van der Waals surface area contributed by atoms with E-state index < -0.39 is 0 Å². The quantitative estimate of drug-likeness (QED) is 0.740. The minimum atomic E-state index is -0.227. The van der Waals surface area contributed by atoms with Crippen LogP contribution in [0.1, 0.15) is 44.6 Å². The maximum Gasteiger partial charge on any atom is 1.00 e. The van der Waals surface area contributed by atoms with E-state index in [0.717, 1.165) is 23.8 Å². The van der Waals surface area contributed by atoms with Crippen LogP contribution >= 0.6 is 0 Å². The molecule has 17 heavy (non-hydrogen) atoms. The Hall–Kier alpha value is 0.955. The molecule has 0 unspecified atom stereocenters. The van der Waals surface area contributed by atoms with Gasteiger partial charge in [0.15, 0.2) is 0 Å². The summed E-state index contributed by atoms with van der Waals surface area (Å²) >= 11 is 0. The number of aryl methyl sites for hydroxylation is 1. The molecule has 0 saturated heterocycles. The minimum Gasteiger partial charge on any atom is -0.236 e. The molecule has 0 N–H and O–H groups in total. The first kappa shape index (κ1) is 16.0. The van der Waals surface area contributed by atoms with Gasteiger partial charge in [-0.1, -0.05) is 39.0 Å². The van der Waals surface area contributed by atoms with E-state index in [4.69, 9.17) is 0 Å². The van der Waals surface area contributed by atoms with E-state index in [0.29, 0.717) is 0 Å². The summed E-state index contributed by atoms with van der Waals surface area (Å²) in [6.45, 7) is 2.35. The monoisotopic (exact) mass is 304 g/mol. The summed E-state index contributed by atoms with van der Waals surface area (Å²) in [5.41, 5.74) is 1.12. The van der Waals surface area contributed by atoms with Crippen LogP contribution in [0.5, 0.6) is 0 Å².